The molecule has 1 aromatic heterocycles. The van der Waals surface area contributed by atoms with Gasteiger partial charge in [-0.15, -0.1) is 0 Å². The molecule has 1 aliphatic heterocycles. The first-order valence-corrected chi connectivity index (χ1v) is 8.65. The van der Waals surface area contributed by atoms with Crippen LogP contribution in [0.2, 0.25) is 0 Å². The van der Waals surface area contributed by atoms with E-state index in [-0.39, 0.29) is 24.4 Å². The third-order valence-electron chi connectivity index (χ3n) is 4.25. The lowest BCUT2D eigenvalue weighted by Gasteiger charge is -2.33. The molecule has 0 aliphatic carbocycles. The number of amides is 1. The van der Waals surface area contributed by atoms with Crippen LogP contribution in [-0.4, -0.2) is 50.3 Å². The minimum atomic E-state index is -0.344. The van der Waals surface area contributed by atoms with Crippen molar-refractivity contribution in [3.05, 3.63) is 53.7 Å². The van der Waals surface area contributed by atoms with Crippen molar-refractivity contribution in [2.45, 2.75) is 13.0 Å². The molecular weight excluding hydrogens is 339 g/mol. The molecule has 6 nitrogen and oxygen atoms in total. The summed E-state index contributed by atoms with van der Waals surface area (Å²) >= 11 is 0. The molecule has 1 saturated heterocycles. The first-order chi connectivity index (χ1) is 12.6. The predicted molar refractivity (Wildman–Crippen MR) is 93.5 cm³/mol. The van der Waals surface area contributed by atoms with Gasteiger partial charge in [-0.25, -0.2) is 4.39 Å². The average Bonchev–Trinajstić information content (AvgIpc) is 3.08. The summed E-state index contributed by atoms with van der Waals surface area (Å²) in [6, 6.07) is 9.37. The Hall–Kier alpha value is -2.38. The van der Waals surface area contributed by atoms with E-state index in [0.717, 1.165) is 24.6 Å². The van der Waals surface area contributed by atoms with Gasteiger partial charge in [0, 0.05) is 19.6 Å². The Bertz CT molecular complexity index is 711. The fourth-order valence-corrected chi connectivity index (χ4v) is 2.87. The maximum Gasteiger partial charge on any atom is 0.258 e. The standard InChI is InChI=1S/C19H23FN2O4/c1-14-2-7-18(26-14)17(22-8-10-24-11-9-22)12-21-19(23)13-25-16-5-3-15(20)4-6-16/h2-7,17H,8-13H2,1H3,(H,21,23). The Kier molecular flexibility index (Phi) is 6.25. The minimum Gasteiger partial charge on any atom is -0.484 e. The average molecular weight is 362 g/mol. The molecule has 1 aromatic carbocycles. The summed E-state index contributed by atoms with van der Waals surface area (Å²) in [5, 5.41) is 2.89. The lowest BCUT2D eigenvalue weighted by atomic mass is 10.1. The number of nitrogens with one attached hydrogen (secondary N) is 1. The molecule has 3 rings (SSSR count). The molecule has 0 spiro atoms. The number of carbonyl (C=O) groups excluding carboxylic acids is 1. The normalized spacial score (nSPS) is 16.2. The lowest BCUT2D eigenvalue weighted by molar-refractivity contribution is -0.123. The van der Waals surface area contributed by atoms with Gasteiger partial charge in [0.05, 0.1) is 19.3 Å². The molecule has 0 radical (unpaired) electrons. The number of hydrogen-bond donors (Lipinski definition) is 1. The van der Waals surface area contributed by atoms with E-state index in [4.69, 9.17) is 13.9 Å². The SMILES string of the molecule is Cc1ccc(C(CNC(=O)COc2ccc(F)cc2)N2CCOCC2)o1. The van der Waals surface area contributed by atoms with Gasteiger partial charge in [0.25, 0.3) is 5.91 Å². The summed E-state index contributed by atoms with van der Waals surface area (Å²) in [4.78, 5) is 14.4. The van der Waals surface area contributed by atoms with Gasteiger partial charge in [0.1, 0.15) is 23.1 Å². The maximum atomic E-state index is 12.9. The zero-order valence-electron chi connectivity index (χ0n) is 14.7. The third kappa shape index (κ3) is 5.06. The van der Waals surface area contributed by atoms with E-state index in [2.05, 4.69) is 10.2 Å². The number of halogens is 1. The minimum absolute atomic E-state index is 0.0534. The molecule has 140 valence electrons. The Balaban J connectivity index is 1.54. The molecular formula is C19H23FN2O4. The largest absolute Gasteiger partial charge is 0.484 e. The van der Waals surface area contributed by atoms with E-state index < -0.39 is 0 Å². The second-order valence-electron chi connectivity index (χ2n) is 6.16. The van der Waals surface area contributed by atoms with Crippen molar-refractivity contribution in [3.8, 4) is 5.75 Å². The number of morpholine rings is 1. The van der Waals surface area contributed by atoms with Crippen molar-refractivity contribution in [2.75, 3.05) is 39.5 Å². The second kappa shape index (κ2) is 8.82. The molecule has 2 heterocycles. The Labute approximate surface area is 151 Å². The second-order valence-corrected chi connectivity index (χ2v) is 6.16. The molecule has 26 heavy (non-hydrogen) atoms. The van der Waals surface area contributed by atoms with Gasteiger partial charge >= 0.3 is 0 Å². The van der Waals surface area contributed by atoms with Crippen LogP contribution in [-0.2, 0) is 9.53 Å². The third-order valence-corrected chi connectivity index (χ3v) is 4.25. The first kappa shape index (κ1) is 18.4. The summed E-state index contributed by atoms with van der Waals surface area (Å²) in [6.45, 7) is 5.08. The Morgan fingerprint density at radius 2 is 1.96 bits per heavy atom. The van der Waals surface area contributed by atoms with Crippen molar-refractivity contribution in [2.24, 2.45) is 0 Å². The van der Waals surface area contributed by atoms with E-state index >= 15 is 0 Å². The number of benzene rings is 1. The number of furan rings is 1. The van der Waals surface area contributed by atoms with Crippen LogP contribution in [0.4, 0.5) is 4.39 Å². The highest BCUT2D eigenvalue weighted by Crippen LogP contribution is 2.23. The molecule has 1 atom stereocenters. The van der Waals surface area contributed by atoms with E-state index in [0.29, 0.717) is 25.5 Å². The Morgan fingerprint density at radius 1 is 1.23 bits per heavy atom. The van der Waals surface area contributed by atoms with Crippen molar-refractivity contribution >= 4 is 5.91 Å². The van der Waals surface area contributed by atoms with Crippen LogP contribution in [0.15, 0.2) is 40.8 Å². The molecule has 0 saturated carbocycles. The van der Waals surface area contributed by atoms with Gasteiger partial charge in [0.15, 0.2) is 6.61 Å². The Morgan fingerprint density at radius 3 is 2.62 bits per heavy atom. The number of nitrogens with zero attached hydrogens (tertiary/aromatic N) is 1. The molecule has 1 aliphatic rings. The molecule has 1 unspecified atom stereocenters. The lowest BCUT2D eigenvalue weighted by Crippen LogP contribution is -2.44. The number of hydrogen-bond acceptors (Lipinski definition) is 5. The van der Waals surface area contributed by atoms with Crippen LogP contribution in [0.25, 0.3) is 0 Å². The topological polar surface area (TPSA) is 63.9 Å². The summed E-state index contributed by atoms with van der Waals surface area (Å²) in [7, 11) is 0. The molecule has 1 amide bonds. The summed E-state index contributed by atoms with van der Waals surface area (Å²) < 4.78 is 29.4. The zero-order chi connectivity index (χ0) is 18.4. The first-order valence-electron chi connectivity index (χ1n) is 8.65. The summed E-state index contributed by atoms with van der Waals surface area (Å²) in [5.41, 5.74) is 0. The number of carbonyl (C=O) groups is 1. The number of rotatable bonds is 7. The van der Waals surface area contributed by atoms with Crippen molar-refractivity contribution in [1.29, 1.82) is 0 Å². The zero-order valence-corrected chi connectivity index (χ0v) is 14.7. The number of ether oxygens (including phenoxy) is 2. The van der Waals surface area contributed by atoms with Gasteiger partial charge in [-0.2, -0.15) is 0 Å². The highest BCUT2D eigenvalue weighted by atomic mass is 19.1. The van der Waals surface area contributed by atoms with Crippen molar-refractivity contribution in [1.82, 2.24) is 10.2 Å². The fraction of sp³-hybridized carbons (Fsp3) is 0.421. The quantitative estimate of drug-likeness (QED) is 0.819. The smallest absolute Gasteiger partial charge is 0.258 e. The highest BCUT2D eigenvalue weighted by Gasteiger charge is 2.25. The van der Waals surface area contributed by atoms with Gasteiger partial charge in [-0.05, 0) is 43.3 Å². The molecule has 0 bridgehead atoms. The predicted octanol–water partition coefficient (Wildman–Crippen LogP) is 2.30. The molecule has 1 N–H and O–H groups in total. The van der Waals surface area contributed by atoms with Gasteiger partial charge < -0.3 is 19.2 Å². The van der Waals surface area contributed by atoms with Crippen molar-refractivity contribution in [3.63, 3.8) is 0 Å². The van der Waals surface area contributed by atoms with Gasteiger partial charge in [-0.3, -0.25) is 9.69 Å². The molecule has 2 aromatic rings. The monoisotopic (exact) mass is 362 g/mol. The van der Waals surface area contributed by atoms with E-state index in [1.807, 2.05) is 19.1 Å². The van der Waals surface area contributed by atoms with Gasteiger partial charge in [0.2, 0.25) is 0 Å². The fourth-order valence-electron chi connectivity index (χ4n) is 2.87. The molecule has 7 heteroatoms. The maximum absolute atomic E-state index is 12.9. The van der Waals surface area contributed by atoms with Crippen LogP contribution < -0.4 is 10.1 Å². The number of aryl methyl sites for hydroxylation is 1. The summed E-state index contributed by atoms with van der Waals surface area (Å²) in [5.74, 6) is 1.53. The van der Waals surface area contributed by atoms with E-state index in [1.54, 1.807) is 0 Å². The van der Waals surface area contributed by atoms with Crippen LogP contribution in [0.5, 0.6) is 5.75 Å². The molecule has 1 fully saturated rings. The van der Waals surface area contributed by atoms with E-state index in [9.17, 15) is 9.18 Å². The summed E-state index contributed by atoms with van der Waals surface area (Å²) in [6.07, 6.45) is 0. The van der Waals surface area contributed by atoms with Crippen molar-refractivity contribution < 1.29 is 23.1 Å². The van der Waals surface area contributed by atoms with Crippen LogP contribution in [0.1, 0.15) is 17.6 Å². The van der Waals surface area contributed by atoms with E-state index in [1.165, 1.54) is 24.3 Å². The van der Waals surface area contributed by atoms with Crippen LogP contribution in [0.3, 0.4) is 0 Å². The van der Waals surface area contributed by atoms with Crippen LogP contribution >= 0.6 is 0 Å². The highest BCUT2D eigenvalue weighted by molar-refractivity contribution is 5.77. The van der Waals surface area contributed by atoms with Gasteiger partial charge in [-0.1, -0.05) is 0 Å². The van der Waals surface area contributed by atoms with Crippen LogP contribution in [0, 0.1) is 12.7 Å².